The minimum Gasteiger partial charge on any atom is -0.350 e. The van der Waals surface area contributed by atoms with Crippen LogP contribution in [0.3, 0.4) is 0 Å². The lowest BCUT2D eigenvalue weighted by Gasteiger charge is -2.33. The average Bonchev–Trinajstić information content (AvgIpc) is 1.88. The fourth-order valence-electron chi connectivity index (χ4n) is 0.825. The summed E-state index contributed by atoms with van der Waals surface area (Å²) < 4.78 is 0. The smallest absolute Gasteiger partial charge is 0.239 e. The maximum Gasteiger partial charge on any atom is 0.239 e. The summed E-state index contributed by atoms with van der Waals surface area (Å²) in [6.07, 6.45) is 0.772. The van der Waals surface area contributed by atoms with Crippen molar-refractivity contribution in [3.8, 4) is 0 Å². The molecule has 1 aliphatic heterocycles. The highest BCUT2D eigenvalue weighted by Crippen LogP contribution is 2.07. The Kier molecular flexibility index (Phi) is 1.93. The molecule has 0 bridgehead atoms. The lowest BCUT2D eigenvalue weighted by Crippen LogP contribution is -2.66. The number of amides is 1. The SMILES string of the molecule is N[C@@H]1C(=O)N[C@@H]1CCCl. The maximum absolute atomic E-state index is 10.4. The lowest BCUT2D eigenvalue weighted by atomic mass is 9.98. The Morgan fingerprint density at radius 1 is 1.78 bits per heavy atom. The normalized spacial score (nSPS) is 33.3. The first-order valence-electron chi connectivity index (χ1n) is 2.87. The first-order chi connectivity index (χ1) is 4.25. The summed E-state index contributed by atoms with van der Waals surface area (Å²) in [5.41, 5.74) is 5.38. The van der Waals surface area contributed by atoms with E-state index in [1.807, 2.05) is 0 Å². The molecular weight excluding hydrogens is 140 g/mol. The molecule has 0 spiro atoms. The maximum atomic E-state index is 10.4. The number of carbonyl (C=O) groups excluding carboxylic acids is 1. The van der Waals surface area contributed by atoms with E-state index in [2.05, 4.69) is 5.32 Å². The third kappa shape index (κ3) is 1.17. The quantitative estimate of drug-likeness (QED) is 0.408. The summed E-state index contributed by atoms with van der Waals surface area (Å²) in [6.45, 7) is 0. The summed E-state index contributed by atoms with van der Waals surface area (Å²) in [5.74, 6) is 0.490. The average molecular weight is 149 g/mol. The number of halogens is 1. The Morgan fingerprint density at radius 3 is 2.78 bits per heavy atom. The largest absolute Gasteiger partial charge is 0.350 e. The number of carbonyl (C=O) groups is 1. The Bertz CT molecular complexity index is 128. The van der Waals surface area contributed by atoms with Crippen LogP contribution in [-0.4, -0.2) is 23.9 Å². The molecule has 0 aromatic heterocycles. The van der Waals surface area contributed by atoms with Gasteiger partial charge in [-0.15, -0.1) is 11.6 Å². The number of nitrogens with one attached hydrogen (secondary N) is 1. The van der Waals surface area contributed by atoms with Crippen molar-refractivity contribution in [3.05, 3.63) is 0 Å². The number of hydrogen-bond acceptors (Lipinski definition) is 2. The monoisotopic (exact) mass is 148 g/mol. The summed E-state index contributed by atoms with van der Waals surface area (Å²) in [7, 11) is 0. The molecule has 9 heavy (non-hydrogen) atoms. The molecule has 0 aliphatic carbocycles. The highest BCUT2D eigenvalue weighted by Gasteiger charge is 2.34. The molecule has 0 radical (unpaired) electrons. The van der Waals surface area contributed by atoms with Crippen LogP contribution in [0.4, 0.5) is 0 Å². The molecule has 1 fully saturated rings. The van der Waals surface area contributed by atoms with Gasteiger partial charge >= 0.3 is 0 Å². The van der Waals surface area contributed by atoms with Crippen LogP contribution in [0.15, 0.2) is 0 Å². The minimum absolute atomic E-state index is 0.0647. The molecule has 0 aromatic rings. The van der Waals surface area contributed by atoms with E-state index in [9.17, 15) is 4.79 Å². The fourth-order valence-corrected chi connectivity index (χ4v) is 1.06. The van der Waals surface area contributed by atoms with Crippen LogP contribution in [0.5, 0.6) is 0 Å². The first kappa shape index (κ1) is 6.83. The van der Waals surface area contributed by atoms with Crippen molar-refractivity contribution in [1.29, 1.82) is 0 Å². The predicted octanol–water partition coefficient (Wildman–Crippen LogP) is -0.559. The van der Waals surface area contributed by atoms with Gasteiger partial charge in [0.1, 0.15) is 6.04 Å². The van der Waals surface area contributed by atoms with Crippen molar-refractivity contribution in [2.24, 2.45) is 5.73 Å². The highest BCUT2D eigenvalue weighted by molar-refractivity contribution is 6.17. The van der Waals surface area contributed by atoms with E-state index in [-0.39, 0.29) is 18.0 Å². The van der Waals surface area contributed by atoms with Crippen LogP contribution >= 0.6 is 11.6 Å². The van der Waals surface area contributed by atoms with Crippen LogP contribution in [0.25, 0.3) is 0 Å². The third-order valence-electron chi connectivity index (χ3n) is 1.48. The van der Waals surface area contributed by atoms with E-state index in [1.165, 1.54) is 0 Å². The van der Waals surface area contributed by atoms with Crippen molar-refractivity contribution in [2.75, 3.05) is 5.88 Å². The van der Waals surface area contributed by atoms with E-state index < -0.39 is 0 Å². The van der Waals surface area contributed by atoms with Crippen LogP contribution in [0, 0.1) is 0 Å². The molecule has 0 aromatic carbocycles. The topological polar surface area (TPSA) is 55.1 Å². The summed E-state index contributed by atoms with van der Waals surface area (Å²) in [6, 6.07) is -0.196. The van der Waals surface area contributed by atoms with Crippen molar-refractivity contribution >= 4 is 17.5 Å². The van der Waals surface area contributed by atoms with Gasteiger partial charge in [-0.05, 0) is 6.42 Å². The van der Waals surface area contributed by atoms with Gasteiger partial charge in [0.15, 0.2) is 0 Å². The van der Waals surface area contributed by atoms with Crippen LogP contribution in [-0.2, 0) is 4.79 Å². The van der Waals surface area contributed by atoms with Crippen molar-refractivity contribution < 1.29 is 4.79 Å². The molecule has 1 aliphatic rings. The van der Waals surface area contributed by atoms with Gasteiger partial charge in [0, 0.05) is 5.88 Å². The van der Waals surface area contributed by atoms with Crippen LogP contribution < -0.4 is 11.1 Å². The van der Waals surface area contributed by atoms with E-state index in [0.29, 0.717) is 5.88 Å². The van der Waals surface area contributed by atoms with Gasteiger partial charge in [0.2, 0.25) is 5.91 Å². The predicted molar refractivity (Wildman–Crippen MR) is 35.2 cm³/mol. The number of alkyl halides is 1. The van der Waals surface area contributed by atoms with Gasteiger partial charge in [-0.1, -0.05) is 0 Å². The van der Waals surface area contributed by atoms with Gasteiger partial charge in [-0.25, -0.2) is 0 Å². The molecule has 1 saturated heterocycles. The Hall–Kier alpha value is -0.280. The molecular formula is C5H9ClN2O. The summed E-state index contributed by atoms with van der Waals surface area (Å²) >= 11 is 5.42. The standard InChI is InChI=1S/C5H9ClN2O/c6-2-1-3-4(7)5(9)8-3/h3-4H,1-2,7H2,(H,8,9)/t3-,4+/m1/s1. The third-order valence-corrected chi connectivity index (χ3v) is 1.70. The highest BCUT2D eigenvalue weighted by atomic mass is 35.5. The number of nitrogens with two attached hydrogens (primary N) is 1. The number of β-lactam (4-membered cyclic amide) rings is 1. The second kappa shape index (κ2) is 2.54. The molecule has 52 valence electrons. The second-order valence-electron chi connectivity index (χ2n) is 2.12. The Balaban J connectivity index is 2.25. The van der Waals surface area contributed by atoms with E-state index in [1.54, 1.807) is 0 Å². The molecule has 2 atom stereocenters. The molecule has 1 amide bonds. The van der Waals surface area contributed by atoms with Crippen LogP contribution in [0.2, 0.25) is 0 Å². The molecule has 0 saturated carbocycles. The molecule has 3 nitrogen and oxygen atoms in total. The second-order valence-corrected chi connectivity index (χ2v) is 2.50. The van der Waals surface area contributed by atoms with E-state index >= 15 is 0 Å². The van der Waals surface area contributed by atoms with E-state index in [4.69, 9.17) is 17.3 Å². The fraction of sp³-hybridized carbons (Fsp3) is 0.800. The Labute approximate surface area is 58.5 Å². The summed E-state index contributed by atoms with van der Waals surface area (Å²) in [5, 5.41) is 2.65. The van der Waals surface area contributed by atoms with Crippen molar-refractivity contribution in [2.45, 2.75) is 18.5 Å². The van der Waals surface area contributed by atoms with Gasteiger partial charge in [0.05, 0.1) is 6.04 Å². The summed E-state index contributed by atoms with van der Waals surface area (Å²) in [4.78, 5) is 10.4. The van der Waals surface area contributed by atoms with Gasteiger partial charge in [-0.2, -0.15) is 0 Å². The van der Waals surface area contributed by atoms with Crippen LogP contribution in [0.1, 0.15) is 6.42 Å². The molecule has 0 unspecified atom stereocenters. The zero-order valence-electron chi connectivity index (χ0n) is 4.93. The van der Waals surface area contributed by atoms with Crippen molar-refractivity contribution in [1.82, 2.24) is 5.32 Å². The number of hydrogen-bond donors (Lipinski definition) is 2. The first-order valence-corrected chi connectivity index (χ1v) is 3.41. The molecule has 3 N–H and O–H groups in total. The molecule has 4 heteroatoms. The molecule has 1 rings (SSSR count). The Morgan fingerprint density at radius 2 is 2.44 bits per heavy atom. The lowest BCUT2D eigenvalue weighted by molar-refractivity contribution is -0.130. The van der Waals surface area contributed by atoms with Gasteiger partial charge < -0.3 is 11.1 Å². The zero-order valence-corrected chi connectivity index (χ0v) is 5.69. The van der Waals surface area contributed by atoms with Crippen molar-refractivity contribution in [3.63, 3.8) is 0 Å². The van der Waals surface area contributed by atoms with Gasteiger partial charge in [-0.3, -0.25) is 4.79 Å². The van der Waals surface area contributed by atoms with E-state index in [0.717, 1.165) is 6.42 Å². The molecule has 1 heterocycles. The minimum atomic E-state index is -0.316. The zero-order chi connectivity index (χ0) is 6.85. The number of rotatable bonds is 2. The van der Waals surface area contributed by atoms with Gasteiger partial charge in [0.25, 0.3) is 0 Å².